The number of aliphatic hydroxyl groups excluding tert-OH is 2. The molecular formula is C27H28N4O4. The zero-order chi connectivity index (χ0) is 24.2. The van der Waals surface area contributed by atoms with Gasteiger partial charge in [0.05, 0.1) is 17.7 Å². The molecule has 8 nitrogen and oxygen atoms in total. The van der Waals surface area contributed by atoms with Gasteiger partial charge in [-0.05, 0) is 61.4 Å². The molecule has 4 aromatic rings. The van der Waals surface area contributed by atoms with E-state index >= 15 is 0 Å². The average Bonchev–Trinajstić information content (AvgIpc) is 3.58. The standard InChI is InChI=1S/C27H28N4O4/c32-16-21(33)17-35-22-11-9-19(10-12-22)28-27(34)23-7-4-8-24-25(23)30-26(29-24)18-5-3-6-20(15-18)31-13-1-2-14-31/h3-12,15,21,32-33H,1-2,13-14,16-17H2,(H,28,34)(H,29,30). The number of aromatic nitrogens is 2. The van der Waals surface area contributed by atoms with E-state index in [2.05, 4.69) is 27.3 Å². The SMILES string of the molecule is O=C(Nc1ccc(OCC(O)CO)cc1)c1cccc2[nH]c(-c3cccc(N4CCCC4)c3)nc12. The number of ether oxygens (including phenoxy) is 1. The molecular weight excluding hydrogens is 444 g/mol. The van der Waals surface area contributed by atoms with Gasteiger partial charge in [0.25, 0.3) is 5.91 Å². The second kappa shape index (κ2) is 10.2. The number of para-hydroxylation sites is 1. The van der Waals surface area contributed by atoms with Crippen LogP contribution < -0.4 is 15.0 Å². The molecule has 0 spiro atoms. The van der Waals surface area contributed by atoms with Crippen molar-refractivity contribution in [3.63, 3.8) is 0 Å². The number of rotatable bonds is 8. The van der Waals surface area contributed by atoms with Crippen LogP contribution in [0.3, 0.4) is 0 Å². The zero-order valence-electron chi connectivity index (χ0n) is 19.3. The molecule has 8 heteroatoms. The molecule has 0 bridgehead atoms. The molecule has 1 saturated heterocycles. The van der Waals surface area contributed by atoms with Crippen molar-refractivity contribution in [2.45, 2.75) is 18.9 Å². The van der Waals surface area contributed by atoms with Crippen molar-refractivity contribution in [1.29, 1.82) is 0 Å². The summed E-state index contributed by atoms with van der Waals surface area (Å²) in [7, 11) is 0. The predicted octanol–water partition coefficient (Wildman–Crippen LogP) is 3.81. The Morgan fingerprint density at radius 2 is 1.86 bits per heavy atom. The molecule has 1 aliphatic heterocycles. The summed E-state index contributed by atoms with van der Waals surface area (Å²) in [5, 5.41) is 21.2. The van der Waals surface area contributed by atoms with E-state index in [4.69, 9.17) is 14.8 Å². The van der Waals surface area contributed by atoms with Crippen LogP contribution in [0.15, 0.2) is 66.7 Å². The highest BCUT2D eigenvalue weighted by molar-refractivity contribution is 6.11. The third kappa shape index (κ3) is 5.13. The largest absolute Gasteiger partial charge is 0.491 e. The van der Waals surface area contributed by atoms with Crippen LogP contribution >= 0.6 is 0 Å². The number of carbonyl (C=O) groups excluding carboxylic acids is 1. The lowest BCUT2D eigenvalue weighted by Crippen LogP contribution is -2.21. The molecule has 35 heavy (non-hydrogen) atoms. The van der Waals surface area contributed by atoms with Crippen LogP contribution in [0.4, 0.5) is 11.4 Å². The summed E-state index contributed by atoms with van der Waals surface area (Å²) >= 11 is 0. The van der Waals surface area contributed by atoms with E-state index in [1.54, 1.807) is 30.3 Å². The number of fused-ring (bicyclic) bond motifs is 1. The fraction of sp³-hybridized carbons (Fsp3) is 0.259. The summed E-state index contributed by atoms with van der Waals surface area (Å²) in [6.07, 6.45) is 1.50. The third-order valence-corrected chi connectivity index (χ3v) is 6.11. The van der Waals surface area contributed by atoms with Gasteiger partial charge in [-0.1, -0.05) is 18.2 Å². The number of anilines is 2. The Balaban J connectivity index is 1.34. The molecule has 5 rings (SSSR count). The van der Waals surface area contributed by atoms with Gasteiger partial charge in [0, 0.05) is 30.0 Å². The minimum Gasteiger partial charge on any atom is -0.491 e. The highest BCUT2D eigenvalue weighted by Gasteiger charge is 2.17. The number of nitrogens with one attached hydrogen (secondary N) is 2. The van der Waals surface area contributed by atoms with Crippen molar-refractivity contribution in [1.82, 2.24) is 9.97 Å². The molecule has 1 unspecified atom stereocenters. The summed E-state index contributed by atoms with van der Waals surface area (Å²) in [4.78, 5) is 23.6. The second-order valence-electron chi connectivity index (χ2n) is 8.66. The van der Waals surface area contributed by atoms with Crippen LogP contribution in [0.1, 0.15) is 23.2 Å². The fourth-order valence-corrected chi connectivity index (χ4v) is 4.26. The van der Waals surface area contributed by atoms with Gasteiger partial charge in [-0.25, -0.2) is 4.98 Å². The Morgan fingerprint density at radius 1 is 1.09 bits per heavy atom. The first kappa shape index (κ1) is 22.9. The van der Waals surface area contributed by atoms with Gasteiger partial charge in [0.15, 0.2) is 0 Å². The highest BCUT2D eigenvalue weighted by atomic mass is 16.5. The lowest BCUT2D eigenvalue weighted by molar-refractivity contribution is 0.0536. The third-order valence-electron chi connectivity index (χ3n) is 6.11. The van der Waals surface area contributed by atoms with Gasteiger partial charge in [0.1, 0.15) is 29.8 Å². The maximum atomic E-state index is 13.1. The smallest absolute Gasteiger partial charge is 0.257 e. The number of imidazole rings is 1. The summed E-state index contributed by atoms with van der Waals surface area (Å²) in [6, 6.07) is 20.7. The summed E-state index contributed by atoms with van der Waals surface area (Å²) in [5.41, 5.74) is 4.67. The van der Waals surface area contributed by atoms with Crippen LogP contribution in [0, 0.1) is 0 Å². The van der Waals surface area contributed by atoms with E-state index < -0.39 is 6.10 Å². The molecule has 0 saturated carbocycles. The number of aliphatic hydroxyl groups is 2. The van der Waals surface area contributed by atoms with Gasteiger partial charge in [-0.15, -0.1) is 0 Å². The Hall–Kier alpha value is -3.88. The van der Waals surface area contributed by atoms with Crippen molar-refractivity contribution < 1.29 is 19.7 Å². The minimum atomic E-state index is -0.934. The van der Waals surface area contributed by atoms with E-state index in [1.807, 2.05) is 24.3 Å². The molecule has 180 valence electrons. The highest BCUT2D eigenvalue weighted by Crippen LogP contribution is 2.28. The number of aromatic amines is 1. The first-order valence-electron chi connectivity index (χ1n) is 11.8. The number of hydrogen-bond donors (Lipinski definition) is 4. The number of carbonyl (C=O) groups is 1. The van der Waals surface area contributed by atoms with Crippen LogP contribution in [0.25, 0.3) is 22.4 Å². The van der Waals surface area contributed by atoms with Crippen molar-refractivity contribution in [2.24, 2.45) is 0 Å². The summed E-state index contributed by atoms with van der Waals surface area (Å²) in [6.45, 7) is 1.78. The molecule has 2 heterocycles. The fourth-order valence-electron chi connectivity index (χ4n) is 4.26. The molecule has 1 aliphatic rings. The van der Waals surface area contributed by atoms with E-state index in [0.29, 0.717) is 22.5 Å². The van der Waals surface area contributed by atoms with E-state index in [1.165, 1.54) is 18.5 Å². The number of amides is 1. The molecule has 1 aromatic heterocycles. The van der Waals surface area contributed by atoms with E-state index in [9.17, 15) is 9.90 Å². The van der Waals surface area contributed by atoms with Crippen LogP contribution in [-0.2, 0) is 0 Å². The van der Waals surface area contributed by atoms with Crippen LogP contribution in [0.2, 0.25) is 0 Å². The lowest BCUT2D eigenvalue weighted by Gasteiger charge is -2.17. The molecule has 1 amide bonds. The number of H-pyrrole nitrogens is 1. The Kier molecular flexibility index (Phi) is 6.65. The number of hydrogen-bond acceptors (Lipinski definition) is 6. The van der Waals surface area contributed by atoms with Crippen molar-refractivity contribution >= 4 is 28.3 Å². The molecule has 3 aromatic carbocycles. The van der Waals surface area contributed by atoms with Crippen LogP contribution in [-0.4, -0.2) is 58.5 Å². The van der Waals surface area contributed by atoms with Crippen LogP contribution in [0.5, 0.6) is 5.75 Å². The van der Waals surface area contributed by atoms with Crippen molar-refractivity contribution in [3.05, 3.63) is 72.3 Å². The van der Waals surface area contributed by atoms with Gasteiger partial charge >= 0.3 is 0 Å². The van der Waals surface area contributed by atoms with E-state index in [0.717, 1.165) is 30.0 Å². The molecule has 4 N–H and O–H groups in total. The number of nitrogens with zero attached hydrogens (tertiary/aromatic N) is 2. The van der Waals surface area contributed by atoms with Crippen molar-refractivity contribution in [2.75, 3.05) is 36.5 Å². The normalized spacial score (nSPS) is 14.3. The van der Waals surface area contributed by atoms with Gasteiger partial charge in [0.2, 0.25) is 0 Å². The topological polar surface area (TPSA) is 111 Å². The molecule has 0 radical (unpaired) electrons. The van der Waals surface area contributed by atoms with Crippen molar-refractivity contribution in [3.8, 4) is 17.1 Å². The first-order valence-corrected chi connectivity index (χ1v) is 11.8. The second-order valence-corrected chi connectivity index (χ2v) is 8.66. The summed E-state index contributed by atoms with van der Waals surface area (Å²) in [5.74, 6) is 1.00. The lowest BCUT2D eigenvalue weighted by atomic mass is 10.1. The maximum absolute atomic E-state index is 13.1. The van der Waals surface area contributed by atoms with Gasteiger partial charge in [-0.3, -0.25) is 4.79 Å². The van der Waals surface area contributed by atoms with Gasteiger partial charge in [-0.2, -0.15) is 0 Å². The average molecular weight is 473 g/mol. The zero-order valence-corrected chi connectivity index (χ0v) is 19.3. The van der Waals surface area contributed by atoms with Gasteiger partial charge < -0.3 is 30.2 Å². The number of benzene rings is 3. The Labute approximate surface area is 203 Å². The monoisotopic (exact) mass is 472 g/mol. The first-order chi connectivity index (χ1) is 17.1. The Morgan fingerprint density at radius 3 is 2.63 bits per heavy atom. The minimum absolute atomic E-state index is 0.00731. The molecule has 1 fully saturated rings. The maximum Gasteiger partial charge on any atom is 0.257 e. The molecule has 0 aliphatic carbocycles. The summed E-state index contributed by atoms with van der Waals surface area (Å²) < 4.78 is 5.41. The quantitative estimate of drug-likeness (QED) is 0.310. The molecule has 1 atom stereocenters. The predicted molar refractivity (Wildman–Crippen MR) is 136 cm³/mol. The Bertz CT molecular complexity index is 1310. The van der Waals surface area contributed by atoms with E-state index in [-0.39, 0.29) is 19.1 Å².